The van der Waals surface area contributed by atoms with Crippen molar-refractivity contribution in [2.75, 3.05) is 0 Å². The highest BCUT2D eigenvalue weighted by Gasteiger charge is 2.13. The Kier molecular flexibility index (Phi) is 2.10. The van der Waals surface area contributed by atoms with Crippen LogP contribution in [0.25, 0.3) is 21.8 Å². The van der Waals surface area contributed by atoms with Gasteiger partial charge in [-0.25, -0.2) is 0 Å². The van der Waals surface area contributed by atoms with Crippen molar-refractivity contribution in [2.45, 2.75) is 25.7 Å². The second kappa shape index (κ2) is 3.77. The third kappa shape index (κ3) is 1.42. The molecular weight excluding hydrogens is 220 g/mol. The predicted molar refractivity (Wildman–Crippen MR) is 73.7 cm³/mol. The first-order valence-electron chi connectivity index (χ1n) is 6.58. The van der Waals surface area contributed by atoms with Gasteiger partial charge in [0.2, 0.25) is 0 Å². The number of benzene rings is 1. The van der Waals surface area contributed by atoms with Crippen LogP contribution in [0.15, 0.2) is 36.5 Å². The second-order valence-corrected chi connectivity index (χ2v) is 5.01. The lowest BCUT2D eigenvalue weighted by atomic mass is 9.94. The largest absolute Gasteiger partial charge is 0.254 e. The lowest BCUT2D eigenvalue weighted by molar-refractivity contribution is 0.671. The fourth-order valence-corrected chi connectivity index (χ4v) is 2.90. The SMILES string of the molecule is c1cnc2c(c1)ccc1cc3c(nc12)CCCC3. The lowest BCUT2D eigenvalue weighted by Crippen LogP contribution is -2.05. The van der Waals surface area contributed by atoms with E-state index in [4.69, 9.17) is 4.98 Å². The summed E-state index contributed by atoms with van der Waals surface area (Å²) < 4.78 is 0. The molecule has 3 aromatic rings. The van der Waals surface area contributed by atoms with Gasteiger partial charge >= 0.3 is 0 Å². The van der Waals surface area contributed by atoms with Crippen LogP contribution in [0.4, 0.5) is 0 Å². The first kappa shape index (κ1) is 10.0. The predicted octanol–water partition coefficient (Wildman–Crippen LogP) is 3.66. The maximum absolute atomic E-state index is 4.88. The Morgan fingerprint density at radius 1 is 0.889 bits per heavy atom. The van der Waals surface area contributed by atoms with E-state index in [1.165, 1.54) is 41.3 Å². The third-order valence-corrected chi connectivity index (χ3v) is 3.84. The van der Waals surface area contributed by atoms with Crippen molar-refractivity contribution in [2.24, 2.45) is 0 Å². The zero-order valence-electron chi connectivity index (χ0n) is 10.2. The van der Waals surface area contributed by atoms with E-state index >= 15 is 0 Å². The van der Waals surface area contributed by atoms with Crippen molar-refractivity contribution in [3.63, 3.8) is 0 Å². The summed E-state index contributed by atoms with van der Waals surface area (Å²) in [6.45, 7) is 0. The average molecular weight is 234 g/mol. The zero-order valence-corrected chi connectivity index (χ0v) is 10.2. The number of hydrogen-bond donors (Lipinski definition) is 0. The van der Waals surface area contributed by atoms with Crippen molar-refractivity contribution in [3.8, 4) is 0 Å². The van der Waals surface area contributed by atoms with Gasteiger partial charge in [0, 0.05) is 22.7 Å². The van der Waals surface area contributed by atoms with E-state index in [0.717, 1.165) is 17.5 Å². The molecular formula is C16H14N2. The van der Waals surface area contributed by atoms with Crippen LogP contribution in [-0.2, 0) is 12.8 Å². The fraction of sp³-hybridized carbons (Fsp3) is 0.250. The Morgan fingerprint density at radius 3 is 2.78 bits per heavy atom. The van der Waals surface area contributed by atoms with Crippen LogP contribution < -0.4 is 0 Å². The number of rotatable bonds is 0. The number of aromatic nitrogens is 2. The number of hydrogen-bond acceptors (Lipinski definition) is 2. The smallest absolute Gasteiger partial charge is 0.0968 e. The molecule has 1 aliphatic carbocycles. The minimum absolute atomic E-state index is 1.03. The lowest BCUT2D eigenvalue weighted by Gasteiger charge is -2.15. The van der Waals surface area contributed by atoms with Gasteiger partial charge in [-0.15, -0.1) is 0 Å². The van der Waals surface area contributed by atoms with E-state index in [-0.39, 0.29) is 0 Å². The molecule has 88 valence electrons. The minimum Gasteiger partial charge on any atom is -0.254 e. The van der Waals surface area contributed by atoms with Crippen molar-refractivity contribution < 1.29 is 0 Å². The molecule has 0 N–H and O–H groups in total. The molecule has 0 fully saturated rings. The second-order valence-electron chi connectivity index (χ2n) is 5.01. The van der Waals surface area contributed by atoms with E-state index < -0.39 is 0 Å². The standard InChI is InChI=1S/C16H14N2/c1-2-6-14-12(4-1)10-13-8-7-11-5-3-9-17-15(11)16(13)18-14/h3,5,7-10H,1-2,4,6H2. The summed E-state index contributed by atoms with van der Waals surface area (Å²) in [5, 5.41) is 2.40. The van der Waals surface area contributed by atoms with Gasteiger partial charge in [0.25, 0.3) is 0 Å². The van der Waals surface area contributed by atoms with Crippen LogP contribution in [0.1, 0.15) is 24.1 Å². The topological polar surface area (TPSA) is 25.8 Å². The molecule has 0 spiro atoms. The number of aryl methyl sites for hydroxylation is 2. The van der Waals surface area contributed by atoms with Crippen LogP contribution in [0.5, 0.6) is 0 Å². The van der Waals surface area contributed by atoms with Gasteiger partial charge in [0.1, 0.15) is 0 Å². The van der Waals surface area contributed by atoms with Gasteiger partial charge in [-0.05, 0) is 43.4 Å². The minimum atomic E-state index is 1.03. The van der Waals surface area contributed by atoms with E-state index in [1.54, 1.807) is 0 Å². The molecule has 1 aromatic carbocycles. The summed E-state index contributed by atoms with van der Waals surface area (Å²) >= 11 is 0. The average Bonchev–Trinajstić information content (AvgIpc) is 2.45. The van der Waals surface area contributed by atoms with Crippen molar-refractivity contribution in [1.29, 1.82) is 0 Å². The maximum atomic E-state index is 4.88. The molecule has 0 aliphatic heterocycles. The summed E-state index contributed by atoms with van der Waals surface area (Å²) in [6.07, 6.45) is 6.71. The molecule has 2 heteroatoms. The Balaban J connectivity index is 2.12. The highest BCUT2D eigenvalue weighted by molar-refractivity contribution is 6.02. The molecule has 2 aromatic heterocycles. The van der Waals surface area contributed by atoms with Crippen LogP contribution in [0.2, 0.25) is 0 Å². The molecule has 2 heterocycles. The Labute approximate surface area is 106 Å². The Hall–Kier alpha value is -1.96. The van der Waals surface area contributed by atoms with Gasteiger partial charge in [-0.2, -0.15) is 0 Å². The van der Waals surface area contributed by atoms with Crippen LogP contribution in [-0.4, -0.2) is 9.97 Å². The maximum Gasteiger partial charge on any atom is 0.0968 e. The molecule has 0 radical (unpaired) electrons. The summed E-state index contributed by atoms with van der Waals surface area (Å²) in [4.78, 5) is 9.38. The molecule has 0 saturated carbocycles. The molecule has 1 aliphatic rings. The van der Waals surface area contributed by atoms with Crippen LogP contribution in [0.3, 0.4) is 0 Å². The van der Waals surface area contributed by atoms with Gasteiger partial charge in [0.05, 0.1) is 11.0 Å². The highest BCUT2D eigenvalue weighted by atomic mass is 14.8. The summed E-state index contributed by atoms with van der Waals surface area (Å²) in [5.41, 5.74) is 4.81. The molecule has 2 nitrogen and oxygen atoms in total. The van der Waals surface area contributed by atoms with Gasteiger partial charge in [0.15, 0.2) is 0 Å². The molecule has 0 saturated heterocycles. The Bertz CT molecular complexity index is 747. The first-order valence-corrected chi connectivity index (χ1v) is 6.58. The van der Waals surface area contributed by atoms with Gasteiger partial charge in [-0.1, -0.05) is 18.2 Å². The molecule has 0 amide bonds. The van der Waals surface area contributed by atoms with Crippen LogP contribution >= 0.6 is 0 Å². The number of pyridine rings is 2. The number of nitrogens with zero attached hydrogens (tertiary/aromatic N) is 2. The summed E-state index contributed by atoms with van der Waals surface area (Å²) in [5.74, 6) is 0. The molecule has 4 rings (SSSR count). The fourth-order valence-electron chi connectivity index (χ4n) is 2.90. The first-order chi connectivity index (χ1) is 8.92. The monoisotopic (exact) mass is 234 g/mol. The molecule has 0 atom stereocenters. The Morgan fingerprint density at radius 2 is 1.78 bits per heavy atom. The van der Waals surface area contributed by atoms with E-state index in [2.05, 4.69) is 29.2 Å². The summed E-state index contributed by atoms with van der Waals surface area (Å²) in [6, 6.07) is 10.7. The highest BCUT2D eigenvalue weighted by Crippen LogP contribution is 2.27. The quantitative estimate of drug-likeness (QED) is 0.555. The van der Waals surface area contributed by atoms with E-state index in [1.807, 2.05) is 12.3 Å². The van der Waals surface area contributed by atoms with E-state index in [9.17, 15) is 0 Å². The third-order valence-electron chi connectivity index (χ3n) is 3.84. The normalized spacial score (nSPS) is 14.9. The summed E-state index contributed by atoms with van der Waals surface area (Å²) in [7, 11) is 0. The van der Waals surface area contributed by atoms with E-state index in [0.29, 0.717) is 0 Å². The zero-order chi connectivity index (χ0) is 11.9. The number of fused-ring (bicyclic) bond motifs is 4. The van der Waals surface area contributed by atoms with Gasteiger partial charge in [-0.3, -0.25) is 9.97 Å². The van der Waals surface area contributed by atoms with Crippen molar-refractivity contribution in [1.82, 2.24) is 9.97 Å². The van der Waals surface area contributed by atoms with Crippen LogP contribution in [0, 0.1) is 0 Å². The van der Waals surface area contributed by atoms with Crippen molar-refractivity contribution >= 4 is 21.8 Å². The molecule has 0 unspecified atom stereocenters. The molecule has 0 bridgehead atoms. The van der Waals surface area contributed by atoms with Crippen molar-refractivity contribution in [3.05, 3.63) is 47.8 Å². The molecule has 18 heavy (non-hydrogen) atoms. The van der Waals surface area contributed by atoms with Gasteiger partial charge < -0.3 is 0 Å².